The minimum absolute atomic E-state index is 0.111. The number of hydrogen-bond acceptors (Lipinski definition) is 15. The van der Waals surface area contributed by atoms with Crippen LogP contribution in [-0.4, -0.2) is 155 Å². The average molecular weight is 895 g/mol. The number of rotatable bonds is 8. The molecule has 2 aromatic rings. The van der Waals surface area contributed by atoms with Crippen LogP contribution in [0.15, 0.2) is 36.4 Å². The van der Waals surface area contributed by atoms with Crippen LogP contribution in [0, 0.1) is 29.6 Å². The fourth-order valence-electron chi connectivity index (χ4n) is 9.63. The zero-order chi connectivity index (χ0) is 47.4. The number of aliphatic hydroxyl groups is 4. The lowest BCUT2D eigenvalue weighted by Gasteiger charge is -2.50. The Morgan fingerprint density at radius 1 is 0.857 bits per heavy atom. The van der Waals surface area contributed by atoms with Crippen LogP contribution in [0.25, 0.3) is 10.9 Å². The van der Waals surface area contributed by atoms with Crippen molar-refractivity contribution in [3.8, 4) is 0 Å². The van der Waals surface area contributed by atoms with Gasteiger partial charge in [0, 0.05) is 49.8 Å². The second-order valence-electron chi connectivity index (χ2n) is 19.0. The second kappa shape index (κ2) is 21.7. The first kappa shape index (κ1) is 52.9. The van der Waals surface area contributed by atoms with Crippen molar-refractivity contribution in [1.82, 2.24) is 9.88 Å². The molecular weight excluding hydrogens is 820 g/mol. The van der Waals surface area contributed by atoms with E-state index in [0.29, 0.717) is 11.9 Å². The van der Waals surface area contributed by atoms with Crippen molar-refractivity contribution < 1.29 is 67.6 Å². The second-order valence-corrected chi connectivity index (χ2v) is 19.0. The van der Waals surface area contributed by atoms with Gasteiger partial charge >= 0.3 is 5.97 Å². The Labute approximate surface area is 372 Å². The molecule has 0 radical (unpaired) electrons. The number of para-hydroxylation sites is 1. The molecule has 358 valence electrons. The molecule has 0 unspecified atom stereocenters. The highest BCUT2D eigenvalue weighted by atomic mass is 19.1. The van der Waals surface area contributed by atoms with Crippen molar-refractivity contribution in [1.29, 1.82) is 0 Å². The third kappa shape index (κ3) is 12.0. The standard InChI is InChI=1S/C38H69NO13.C9H6FN/c1-15-26-38(10,45)31(42)21(4)28(40)19(2)17-37(9,47-14)33(52-35-29(41)25(39(11)12)16-20(3)48-35)22(5)30(23(6)34(44)50-26)51-27-18-36(8,46-13)32(43)24(7)49-27;10-9-6-5-7-3-1-2-4-8(7)11-9/h19-27,29-33,35,41-43,45H,15-18H2,1-14H3;1-6H/t19-,20-,21+,22+,23-,24+,25+,26-,27+,29-,30+,31-,32+,33-,35+,36-,37-,38-;/m1./s1. The molecule has 5 rings (SSSR count). The molecule has 4 N–H and O–H groups in total. The third-order valence-electron chi connectivity index (χ3n) is 13.8. The molecule has 4 heterocycles. The van der Waals surface area contributed by atoms with E-state index in [-0.39, 0.29) is 37.2 Å². The number of ether oxygens (including phenoxy) is 7. The molecule has 0 spiro atoms. The van der Waals surface area contributed by atoms with Crippen molar-refractivity contribution in [3.05, 3.63) is 42.3 Å². The Morgan fingerprint density at radius 3 is 2.10 bits per heavy atom. The van der Waals surface area contributed by atoms with E-state index in [1.54, 1.807) is 60.6 Å². The number of benzene rings is 1. The van der Waals surface area contributed by atoms with Crippen molar-refractivity contribution in [2.24, 2.45) is 23.7 Å². The first-order valence-electron chi connectivity index (χ1n) is 22.3. The Hall–Kier alpha value is -2.74. The molecule has 0 saturated carbocycles. The summed E-state index contributed by atoms with van der Waals surface area (Å²) in [6.07, 6.45) is -8.73. The van der Waals surface area contributed by atoms with Crippen molar-refractivity contribution in [2.75, 3.05) is 28.3 Å². The van der Waals surface area contributed by atoms with Crippen molar-refractivity contribution >= 4 is 22.7 Å². The van der Waals surface area contributed by atoms with Gasteiger partial charge in [-0.15, -0.1) is 0 Å². The van der Waals surface area contributed by atoms with Crippen LogP contribution in [0.2, 0.25) is 0 Å². The molecule has 3 aliphatic rings. The molecule has 16 heteroatoms. The normalized spacial score (nSPS) is 42.3. The summed E-state index contributed by atoms with van der Waals surface area (Å²) in [4.78, 5) is 33.8. The number of cyclic esters (lactones) is 1. The minimum Gasteiger partial charge on any atom is -0.459 e. The number of nitrogens with zero attached hydrogens (tertiary/aromatic N) is 2. The van der Waals surface area contributed by atoms with Crippen LogP contribution < -0.4 is 0 Å². The molecule has 0 bridgehead atoms. The van der Waals surface area contributed by atoms with Gasteiger partial charge < -0.3 is 58.5 Å². The quantitative estimate of drug-likeness (QED) is 0.208. The maximum absolute atomic E-state index is 14.2. The van der Waals surface area contributed by atoms with Crippen LogP contribution in [-0.2, 0) is 42.7 Å². The maximum Gasteiger partial charge on any atom is 0.311 e. The highest BCUT2D eigenvalue weighted by molar-refractivity contribution is 5.83. The molecule has 0 aliphatic carbocycles. The van der Waals surface area contributed by atoms with E-state index in [2.05, 4.69) is 4.98 Å². The van der Waals surface area contributed by atoms with E-state index < -0.39 is 108 Å². The van der Waals surface area contributed by atoms with Gasteiger partial charge in [-0.25, -0.2) is 4.98 Å². The number of aliphatic hydroxyl groups excluding tert-OH is 3. The van der Waals surface area contributed by atoms with E-state index >= 15 is 0 Å². The molecule has 1 aromatic heterocycles. The number of methoxy groups -OCH3 is 2. The summed E-state index contributed by atoms with van der Waals surface area (Å²) in [6, 6.07) is 10.2. The van der Waals surface area contributed by atoms with Gasteiger partial charge in [-0.05, 0) is 93.1 Å². The first-order valence-corrected chi connectivity index (χ1v) is 22.3. The summed E-state index contributed by atoms with van der Waals surface area (Å²) in [6.45, 7) is 17.1. The fraction of sp³-hybridized carbons (Fsp3) is 0.766. The smallest absolute Gasteiger partial charge is 0.311 e. The van der Waals surface area contributed by atoms with Gasteiger partial charge in [-0.2, -0.15) is 4.39 Å². The number of esters is 1. The van der Waals surface area contributed by atoms with Gasteiger partial charge in [0.05, 0.1) is 53.2 Å². The lowest BCUT2D eigenvalue weighted by molar-refractivity contribution is -0.319. The first-order chi connectivity index (χ1) is 29.3. The van der Waals surface area contributed by atoms with Gasteiger partial charge in [0.15, 0.2) is 12.6 Å². The number of likely N-dealkylation sites (N-methyl/N-ethyl adjacent to an activating group) is 1. The highest BCUT2D eigenvalue weighted by Crippen LogP contribution is 2.42. The van der Waals surface area contributed by atoms with Crippen molar-refractivity contribution in [2.45, 2.75) is 179 Å². The summed E-state index contributed by atoms with van der Waals surface area (Å²) in [5, 5.41) is 46.5. The molecular formula is C47H75FN2O13. The number of pyridine rings is 1. The lowest BCUT2D eigenvalue weighted by Crippen LogP contribution is -2.61. The lowest BCUT2D eigenvalue weighted by atomic mass is 9.74. The van der Waals surface area contributed by atoms with Crippen molar-refractivity contribution in [3.63, 3.8) is 0 Å². The number of carbonyl (C=O) groups excluding carboxylic acids is 2. The number of fused-ring (bicyclic) bond motifs is 1. The topological polar surface area (TPSA) is 196 Å². The van der Waals surface area contributed by atoms with Gasteiger partial charge in [0.25, 0.3) is 0 Å². The molecule has 18 atom stereocenters. The number of carbonyl (C=O) groups is 2. The SMILES string of the molecule is CC[C@H]1OC(=O)[C@H](C)[C@@H](O[C@H]2C[C@@](C)(OC)[C@@H](O)[C@H](C)O2)[C@H](C)[C@@H](O[C@@H]2O[C@H](C)C[C@H](N(C)C)[C@H]2O)[C@](C)(OC)C[C@@H](C)C(=O)[C@H](C)[C@@H](O)[C@]1(C)O.Fc1ccc2ccccc2n1. The van der Waals surface area contributed by atoms with Crippen LogP contribution in [0.5, 0.6) is 0 Å². The number of halogens is 1. The summed E-state index contributed by atoms with van der Waals surface area (Å²) in [7, 11) is 6.77. The Kier molecular flexibility index (Phi) is 18.2. The predicted molar refractivity (Wildman–Crippen MR) is 233 cm³/mol. The summed E-state index contributed by atoms with van der Waals surface area (Å²) in [5.41, 5.74) is -3.54. The van der Waals surface area contributed by atoms with Crippen LogP contribution in [0.3, 0.4) is 0 Å². The molecule has 3 aliphatic heterocycles. The van der Waals surface area contributed by atoms with Crippen LogP contribution in [0.1, 0.15) is 94.9 Å². The van der Waals surface area contributed by atoms with E-state index in [9.17, 15) is 34.4 Å². The van der Waals surface area contributed by atoms with Gasteiger partial charge in [0.2, 0.25) is 5.95 Å². The summed E-state index contributed by atoms with van der Waals surface area (Å²) >= 11 is 0. The molecule has 63 heavy (non-hydrogen) atoms. The molecule has 0 amide bonds. The van der Waals surface area contributed by atoms with E-state index in [4.69, 9.17) is 33.2 Å². The van der Waals surface area contributed by atoms with E-state index in [1.807, 2.05) is 51.0 Å². The van der Waals surface area contributed by atoms with Gasteiger partial charge in [0.1, 0.15) is 29.7 Å². The molecule has 1 aromatic carbocycles. The zero-order valence-corrected chi connectivity index (χ0v) is 39.7. The Balaban J connectivity index is 0.000000678. The maximum atomic E-state index is 14.2. The number of ketones is 1. The average Bonchev–Trinajstić information content (AvgIpc) is 3.24. The minimum atomic E-state index is -1.96. The third-order valence-corrected chi connectivity index (χ3v) is 13.8. The molecule has 3 saturated heterocycles. The van der Waals surface area contributed by atoms with Crippen LogP contribution >= 0.6 is 0 Å². The number of aromatic nitrogens is 1. The Bertz CT molecular complexity index is 1800. The Morgan fingerprint density at radius 2 is 1.49 bits per heavy atom. The molecule has 15 nitrogen and oxygen atoms in total. The highest BCUT2D eigenvalue weighted by Gasteiger charge is 2.54. The number of Topliss-reactive ketones (excluding diaryl/α,β-unsaturated/α-hetero) is 1. The zero-order valence-electron chi connectivity index (χ0n) is 39.7. The van der Waals surface area contributed by atoms with E-state index in [0.717, 1.165) is 5.39 Å². The number of hydrogen-bond donors (Lipinski definition) is 4. The summed E-state index contributed by atoms with van der Waals surface area (Å²) in [5.74, 6) is -4.90. The van der Waals surface area contributed by atoms with Gasteiger partial charge in [-0.1, -0.05) is 45.9 Å². The molecule has 3 fully saturated rings. The monoisotopic (exact) mass is 895 g/mol. The van der Waals surface area contributed by atoms with E-state index in [1.165, 1.54) is 27.2 Å². The fourth-order valence-corrected chi connectivity index (χ4v) is 9.63. The largest absolute Gasteiger partial charge is 0.459 e. The predicted octanol–water partition coefficient (Wildman–Crippen LogP) is 4.81. The summed E-state index contributed by atoms with van der Waals surface area (Å²) < 4.78 is 56.4. The van der Waals surface area contributed by atoms with Crippen LogP contribution in [0.4, 0.5) is 4.39 Å². The van der Waals surface area contributed by atoms with Gasteiger partial charge in [-0.3, -0.25) is 9.59 Å².